The zero-order chi connectivity index (χ0) is 27.6. The summed E-state index contributed by atoms with van der Waals surface area (Å²) >= 11 is 6.37. The van der Waals surface area contributed by atoms with Crippen LogP contribution < -0.4 is 10.9 Å². The molecule has 0 saturated heterocycles. The molecule has 2 aliphatic heterocycles. The number of aliphatic hydroxyl groups is 2. The number of hydrogen-bond acceptors (Lipinski definition) is 8. The van der Waals surface area contributed by atoms with Crippen molar-refractivity contribution in [2.45, 2.75) is 51.0 Å². The Balaban J connectivity index is 1.56. The highest BCUT2D eigenvalue weighted by Crippen LogP contribution is 2.46. The number of carbonyl (C=O) groups is 2. The normalized spacial score (nSPS) is 20.8. The number of cyclic esters (lactones) is 1. The molecule has 2 atom stereocenters. The molecule has 3 aromatic rings. The van der Waals surface area contributed by atoms with Gasteiger partial charge >= 0.3 is 5.97 Å². The molecule has 10 nitrogen and oxygen atoms in total. The van der Waals surface area contributed by atoms with Crippen LogP contribution >= 0.6 is 11.6 Å². The molecule has 6 rings (SSSR count). The van der Waals surface area contributed by atoms with Crippen LogP contribution in [0, 0.1) is 5.82 Å². The maximum atomic E-state index is 14.8. The molecular weight excluding hydrogens is 533 g/mol. The van der Waals surface area contributed by atoms with Gasteiger partial charge in [-0.05, 0) is 36.5 Å². The Bertz CT molecular complexity index is 1640. The zero-order valence-corrected chi connectivity index (χ0v) is 21.7. The second kappa shape index (κ2) is 9.37. The molecule has 0 fully saturated rings. The van der Waals surface area contributed by atoms with E-state index >= 15 is 0 Å². The molecule has 0 bridgehead atoms. The van der Waals surface area contributed by atoms with Crippen LogP contribution in [0.2, 0.25) is 5.02 Å². The van der Waals surface area contributed by atoms with Crippen molar-refractivity contribution in [3.8, 4) is 11.4 Å². The first-order valence-electron chi connectivity index (χ1n) is 12.7. The molecule has 0 unspecified atom stereocenters. The average Bonchev–Trinajstić information content (AvgIpc) is 3.29. The van der Waals surface area contributed by atoms with E-state index in [2.05, 4.69) is 5.32 Å². The minimum atomic E-state index is -1.98. The zero-order valence-electron chi connectivity index (χ0n) is 21.0. The van der Waals surface area contributed by atoms with E-state index in [0.29, 0.717) is 51.8 Å². The molecule has 2 aromatic heterocycles. The fraction of sp³-hybridized carbons (Fsp3) is 0.407. The first-order chi connectivity index (χ1) is 18.7. The van der Waals surface area contributed by atoms with Crippen molar-refractivity contribution in [2.24, 2.45) is 0 Å². The Morgan fingerprint density at radius 1 is 1.33 bits per heavy atom. The summed E-state index contributed by atoms with van der Waals surface area (Å²) in [7, 11) is 0. The fourth-order valence-corrected chi connectivity index (χ4v) is 6.21. The fourth-order valence-electron chi connectivity index (χ4n) is 5.96. The van der Waals surface area contributed by atoms with E-state index in [1.54, 1.807) is 13.0 Å². The van der Waals surface area contributed by atoms with Gasteiger partial charge in [0, 0.05) is 22.6 Å². The number of halogens is 2. The Hall–Kier alpha value is -3.38. The molecule has 1 aromatic carbocycles. The van der Waals surface area contributed by atoms with Crippen LogP contribution in [-0.2, 0) is 44.2 Å². The third-order valence-corrected chi connectivity index (χ3v) is 8.25. The molecule has 1 amide bonds. The maximum Gasteiger partial charge on any atom is 0.343 e. The van der Waals surface area contributed by atoms with E-state index in [1.165, 1.54) is 10.6 Å². The van der Waals surface area contributed by atoms with Gasteiger partial charge in [0.2, 0.25) is 5.91 Å². The monoisotopic (exact) mass is 557 g/mol. The smallest absolute Gasteiger partial charge is 0.343 e. The highest BCUT2D eigenvalue weighted by Gasteiger charge is 2.46. The number of nitrogens with zero attached hydrogens (tertiary/aromatic N) is 2. The topological polar surface area (TPSA) is 140 Å². The van der Waals surface area contributed by atoms with Crippen molar-refractivity contribution in [3.63, 3.8) is 0 Å². The van der Waals surface area contributed by atoms with Crippen LogP contribution in [-0.4, -0.2) is 51.5 Å². The molecule has 0 saturated carbocycles. The highest BCUT2D eigenvalue weighted by atomic mass is 35.5. The third kappa shape index (κ3) is 3.79. The van der Waals surface area contributed by atoms with Gasteiger partial charge in [-0.25, -0.2) is 14.2 Å². The van der Waals surface area contributed by atoms with Crippen LogP contribution in [0.25, 0.3) is 22.3 Å². The summed E-state index contributed by atoms with van der Waals surface area (Å²) in [5.74, 6) is -1.84. The molecule has 3 aliphatic rings. The van der Waals surface area contributed by atoms with Crippen LogP contribution in [0.15, 0.2) is 16.9 Å². The molecule has 1 aliphatic carbocycles. The number of carbonyl (C=O) groups excluding carboxylic acids is 2. The summed E-state index contributed by atoms with van der Waals surface area (Å²) in [5, 5.41) is 23.7. The number of pyridine rings is 2. The number of aliphatic hydroxyl groups excluding tert-OH is 1. The van der Waals surface area contributed by atoms with Gasteiger partial charge in [-0.15, -0.1) is 0 Å². The Morgan fingerprint density at radius 2 is 2.13 bits per heavy atom. The van der Waals surface area contributed by atoms with Crippen molar-refractivity contribution in [1.29, 1.82) is 0 Å². The Labute approximate surface area is 226 Å². The van der Waals surface area contributed by atoms with Crippen molar-refractivity contribution in [2.75, 3.05) is 19.8 Å². The standard InChI is InChI=1S/C27H25ClFN3O7/c1-2-27(37)15-7-19-24-13(9-32(19)25(35)14(15)10-39-26(27)36)22-17(30-20(34)11-38-6-5-33)4-3-12-21(22)18(31-24)8-16(29)23(12)28/h7-8,17,33,37H,2-6,9-11H2,1H3,(H,30,34)/t17-,27-/m0/s1. The van der Waals surface area contributed by atoms with E-state index < -0.39 is 34.9 Å². The summed E-state index contributed by atoms with van der Waals surface area (Å²) in [6.45, 7) is 1.04. The summed E-state index contributed by atoms with van der Waals surface area (Å²) in [5.41, 5.74) is 1.01. The molecule has 12 heteroatoms. The minimum Gasteiger partial charge on any atom is -0.458 e. The van der Waals surface area contributed by atoms with Crippen LogP contribution in [0.4, 0.5) is 4.39 Å². The van der Waals surface area contributed by atoms with Gasteiger partial charge in [-0.3, -0.25) is 9.59 Å². The number of nitrogens with one attached hydrogen (secondary N) is 1. The Kier molecular flexibility index (Phi) is 6.22. The number of aryl methyl sites for hydroxylation is 1. The van der Waals surface area contributed by atoms with E-state index in [4.69, 9.17) is 31.2 Å². The average molecular weight is 558 g/mol. The van der Waals surface area contributed by atoms with Gasteiger partial charge in [-0.1, -0.05) is 18.5 Å². The summed E-state index contributed by atoms with van der Waals surface area (Å²) in [6.07, 6.45) is 0.824. The minimum absolute atomic E-state index is 0.00448. The molecule has 0 spiro atoms. The van der Waals surface area contributed by atoms with Gasteiger partial charge in [0.15, 0.2) is 5.60 Å². The molecule has 4 heterocycles. The van der Waals surface area contributed by atoms with Crippen molar-refractivity contribution < 1.29 is 33.7 Å². The summed E-state index contributed by atoms with van der Waals surface area (Å²) < 4.78 is 26.6. The van der Waals surface area contributed by atoms with Crippen molar-refractivity contribution in [3.05, 3.63) is 61.1 Å². The molecular formula is C27H25ClFN3O7. The van der Waals surface area contributed by atoms with Crippen molar-refractivity contribution >= 4 is 34.4 Å². The number of amides is 1. The second-order valence-corrected chi connectivity index (χ2v) is 10.3. The number of ether oxygens (including phenoxy) is 2. The predicted molar refractivity (Wildman–Crippen MR) is 137 cm³/mol. The lowest BCUT2D eigenvalue weighted by atomic mass is 9.83. The molecule has 39 heavy (non-hydrogen) atoms. The third-order valence-electron chi connectivity index (χ3n) is 7.85. The van der Waals surface area contributed by atoms with E-state index in [-0.39, 0.29) is 55.5 Å². The predicted octanol–water partition coefficient (Wildman–Crippen LogP) is 1.98. The molecule has 3 N–H and O–H groups in total. The first-order valence-corrected chi connectivity index (χ1v) is 13.1. The SMILES string of the molecule is CC[C@@]1(O)C(=O)OCc2c1cc1n(c2=O)Cc2c-1nc1cc(F)c(Cl)c3c1c2[C@@H](NC(=O)COCCO)CC3. The van der Waals surface area contributed by atoms with Gasteiger partial charge in [0.25, 0.3) is 5.56 Å². The second-order valence-electron chi connectivity index (χ2n) is 9.94. The lowest BCUT2D eigenvalue weighted by Crippen LogP contribution is -2.44. The molecule has 0 radical (unpaired) electrons. The largest absolute Gasteiger partial charge is 0.458 e. The van der Waals surface area contributed by atoms with Gasteiger partial charge < -0.3 is 29.6 Å². The van der Waals surface area contributed by atoms with Gasteiger partial charge in [0.1, 0.15) is 19.0 Å². The number of rotatable bonds is 6. The number of benzene rings is 1. The number of fused-ring (bicyclic) bond motifs is 5. The van der Waals surface area contributed by atoms with E-state index in [9.17, 15) is 23.9 Å². The summed E-state index contributed by atoms with van der Waals surface area (Å²) in [4.78, 5) is 43.5. The lowest BCUT2D eigenvalue weighted by Gasteiger charge is -2.31. The van der Waals surface area contributed by atoms with Gasteiger partial charge in [0.05, 0.1) is 53.3 Å². The number of esters is 1. The van der Waals surface area contributed by atoms with Crippen LogP contribution in [0.3, 0.4) is 0 Å². The first kappa shape index (κ1) is 25.9. The van der Waals surface area contributed by atoms with Gasteiger partial charge in [-0.2, -0.15) is 0 Å². The maximum absolute atomic E-state index is 14.8. The van der Waals surface area contributed by atoms with Crippen LogP contribution in [0.1, 0.15) is 53.6 Å². The number of hydrogen-bond donors (Lipinski definition) is 3. The van der Waals surface area contributed by atoms with E-state index in [1.807, 2.05) is 0 Å². The van der Waals surface area contributed by atoms with E-state index in [0.717, 1.165) is 0 Å². The quantitative estimate of drug-likeness (QED) is 0.241. The number of aromatic nitrogens is 2. The molecule has 204 valence electrons. The van der Waals surface area contributed by atoms with Crippen LogP contribution in [0.5, 0.6) is 0 Å². The Morgan fingerprint density at radius 3 is 2.87 bits per heavy atom. The lowest BCUT2D eigenvalue weighted by molar-refractivity contribution is -0.172. The highest BCUT2D eigenvalue weighted by molar-refractivity contribution is 6.32. The van der Waals surface area contributed by atoms with Crippen molar-refractivity contribution in [1.82, 2.24) is 14.9 Å². The summed E-state index contributed by atoms with van der Waals surface area (Å²) in [6, 6.07) is 2.32.